The maximum atomic E-state index is 12.6. The van der Waals surface area contributed by atoms with E-state index < -0.39 is 22.5 Å². The van der Waals surface area contributed by atoms with Crippen molar-refractivity contribution in [2.24, 2.45) is 0 Å². The summed E-state index contributed by atoms with van der Waals surface area (Å²) in [5.74, 6) is -0.0525. The number of nitrogens with zero attached hydrogens (tertiary/aromatic N) is 1. The zero-order valence-corrected chi connectivity index (χ0v) is 17.5. The Morgan fingerprint density at radius 2 is 1.75 bits per heavy atom. The van der Waals surface area contributed by atoms with Crippen molar-refractivity contribution in [2.75, 3.05) is 25.7 Å². The van der Waals surface area contributed by atoms with Gasteiger partial charge in [-0.3, -0.25) is 9.59 Å². The summed E-state index contributed by atoms with van der Waals surface area (Å²) < 4.78 is 37.4. The molecule has 148 valence electrons. The third kappa shape index (κ3) is 4.18. The van der Waals surface area contributed by atoms with E-state index in [4.69, 9.17) is 9.47 Å². The molecule has 0 aliphatic carbocycles. The van der Waals surface area contributed by atoms with E-state index in [2.05, 4.69) is 21.2 Å². The number of ketones is 1. The Morgan fingerprint density at radius 1 is 1.14 bits per heavy atom. The molecule has 1 aliphatic heterocycles. The number of carbonyl (C=O) groups is 2. The van der Waals surface area contributed by atoms with Crippen LogP contribution < -0.4 is 14.8 Å². The zero-order chi connectivity index (χ0) is 20.5. The lowest BCUT2D eigenvalue weighted by Crippen LogP contribution is -2.35. The average molecular weight is 469 g/mol. The van der Waals surface area contributed by atoms with Crippen molar-refractivity contribution in [3.05, 3.63) is 46.4 Å². The average Bonchev–Trinajstić information content (AvgIpc) is 3.08. The molecule has 0 saturated heterocycles. The summed E-state index contributed by atoms with van der Waals surface area (Å²) in [6.45, 7) is 0.958. The monoisotopic (exact) mass is 468 g/mol. The molecule has 0 unspecified atom stereocenters. The number of sulfonamides is 1. The Bertz CT molecular complexity index is 1040. The summed E-state index contributed by atoms with van der Waals surface area (Å²) in [6, 6.07) is 9.07. The van der Waals surface area contributed by atoms with Gasteiger partial charge in [0.05, 0.1) is 17.1 Å². The number of amides is 1. The van der Waals surface area contributed by atoms with Crippen molar-refractivity contribution in [2.45, 2.75) is 11.8 Å². The van der Waals surface area contributed by atoms with Crippen LogP contribution in [0.4, 0.5) is 5.69 Å². The maximum absolute atomic E-state index is 12.6. The smallest absolute Gasteiger partial charge is 0.243 e. The Labute approximate surface area is 170 Å². The first kappa shape index (κ1) is 20.3. The fourth-order valence-corrected chi connectivity index (χ4v) is 3.99. The fourth-order valence-electron chi connectivity index (χ4n) is 2.60. The van der Waals surface area contributed by atoms with Crippen molar-refractivity contribution in [3.63, 3.8) is 0 Å². The molecule has 0 aromatic heterocycles. The summed E-state index contributed by atoms with van der Waals surface area (Å²) in [4.78, 5) is 24.4. The summed E-state index contributed by atoms with van der Waals surface area (Å²) >= 11 is 3.25. The molecule has 0 spiro atoms. The lowest BCUT2D eigenvalue weighted by Gasteiger charge is -2.17. The summed E-state index contributed by atoms with van der Waals surface area (Å²) in [5, 5.41) is 2.58. The van der Waals surface area contributed by atoms with E-state index in [1.165, 1.54) is 38.2 Å². The molecule has 2 aromatic rings. The van der Waals surface area contributed by atoms with Crippen molar-refractivity contribution in [1.29, 1.82) is 0 Å². The molecule has 1 heterocycles. The fraction of sp³-hybridized carbons (Fsp3) is 0.222. The Hall–Kier alpha value is -2.43. The van der Waals surface area contributed by atoms with Gasteiger partial charge in [0.1, 0.15) is 0 Å². The van der Waals surface area contributed by atoms with E-state index >= 15 is 0 Å². The molecule has 2 aromatic carbocycles. The minimum absolute atomic E-state index is 0.0260. The number of benzene rings is 2. The molecular weight excluding hydrogens is 452 g/mol. The molecule has 3 rings (SSSR count). The van der Waals surface area contributed by atoms with Crippen LogP contribution >= 0.6 is 15.9 Å². The van der Waals surface area contributed by atoms with Crippen molar-refractivity contribution < 1.29 is 27.5 Å². The molecule has 8 nitrogen and oxygen atoms in total. The highest BCUT2D eigenvalue weighted by Gasteiger charge is 2.25. The normalized spacial score (nSPS) is 12.9. The number of ether oxygens (including phenoxy) is 2. The lowest BCUT2D eigenvalue weighted by atomic mass is 10.1. The Morgan fingerprint density at radius 3 is 2.36 bits per heavy atom. The number of Topliss-reactive ketones (excluding diaryl/α,β-unsaturated/α-hetero) is 1. The number of rotatable bonds is 6. The molecule has 0 radical (unpaired) electrons. The SMILES string of the molecule is CC(=O)c1cc2c(cc1NC(=O)CN(C)S(=O)(=O)c1ccc(Br)cc1)OCO2. The molecule has 1 aliphatic rings. The van der Waals surface area contributed by atoms with Crippen molar-refractivity contribution in [1.82, 2.24) is 4.31 Å². The van der Waals surface area contributed by atoms with Crippen LogP contribution in [0.5, 0.6) is 11.5 Å². The third-order valence-electron chi connectivity index (χ3n) is 4.05. The molecule has 28 heavy (non-hydrogen) atoms. The first-order chi connectivity index (χ1) is 13.2. The van der Waals surface area contributed by atoms with Gasteiger partial charge < -0.3 is 14.8 Å². The van der Waals surface area contributed by atoms with Crippen LogP contribution in [0.25, 0.3) is 0 Å². The molecule has 0 saturated carbocycles. The number of likely N-dealkylation sites (N-methyl/N-ethyl adjacent to an activating group) is 1. The van der Waals surface area contributed by atoms with E-state index in [1.54, 1.807) is 12.1 Å². The van der Waals surface area contributed by atoms with Crippen LogP contribution in [0.3, 0.4) is 0 Å². The van der Waals surface area contributed by atoms with Gasteiger partial charge in [-0.1, -0.05) is 15.9 Å². The lowest BCUT2D eigenvalue weighted by molar-refractivity contribution is -0.116. The number of nitrogens with one attached hydrogen (secondary N) is 1. The van der Waals surface area contributed by atoms with Crippen LogP contribution in [0.1, 0.15) is 17.3 Å². The maximum Gasteiger partial charge on any atom is 0.243 e. The highest BCUT2D eigenvalue weighted by Crippen LogP contribution is 2.37. The highest BCUT2D eigenvalue weighted by atomic mass is 79.9. The Kier molecular flexibility index (Phi) is 5.73. The predicted molar refractivity (Wildman–Crippen MR) is 105 cm³/mol. The van der Waals surface area contributed by atoms with Gasteiger partial charge in [-0.05, 0) is 37.3 Å². The van der Waals surface area contributed by atoms with E-state index in [1.807, 2.05) is 0 Å². The standard InChI is InChI=1S/C18H17BrN2O6S/c1-11(22)14-7-16-17(27-10-26-16)8-15(14)20-18(23)9-21(2)28(24,25)13-5-3-12(19)4-6-13/h3-8H,9-10H2,1-2H3,(H,20,23). The van der Waals surface area contributed by atoms with Crippen LogP contribution in [0, 0.1) is 0 Å². The van der Waals surface area contributed by atoms with Gasteiger partial charge in [0.2, 0.25) is 22.7 Å². The zero-order valence-electron chi connectivity index (χ0n) is 15.1. The number of anilines is 1. The molecule has 1 amide bonds. The van der Waals surface area contributed by atoms with Gasteiger partial charge in [-0.15, -0.1) is 0 Å². The minimum atomic E-state index is -3.84. The van der Waals surface area contributed by atoms with Gasteiger partial charge in [0.15, 0.2) is 17.3 Å². The Balaban J connectivity index is 1.77. The quantitative estimate of drug-likeness (QED) is 0.653. The van der Waals surface area contributed by atoms with Crippen molar-refractivity contribution >= 4 is 43.3 Å². The van der Waals surface area contributed by atoms with Gasteiger partial charge in [-0.2, -0.15) is 4.31 Å². The van der Waals surface area contributed by atoms with Gasteiger partial charge in [0.25, 0.3) is 0 Å². The minimum Gasteiger partial charge on any atom is -0.454 e. The number of hydrogen-bond donors (Lipinski definition) is 1. The number of carbonyl (C=O) groups excluding carboxylic acids is 2. The first-order valence-electron chi connectivity index (χ1n) is 8.15. The molecule has 10 heteroatoms. The van der Waals surface area contributed by atoms with Crippen molar-refractivity contribution in [3.8, 4) is 11.5 Å². The van der Waals surface area contributed by atoms with E-state index in [0.717, 1.165) is 8.78 Å². The summed E-state index contributed by atoms with van der Waals surface area (Å²) in [5.41, 5.74) is 0.479. The van der Waals surface area contributed by atoms with Gasteiger partial charge >= 0.3 is 0 Å². The summed E-state index contributed by atoms with van der Waals surface area (Å²) in [6.07, 6.45) is 0. The second-order valence-electron chi connectivity index (χ2n) is 6.07. The highest BCUT2D eigenvalue weighted by molar-refractivity contribution is 9.10. The van der Waals surface area contributed by atoms with Crippen LogP contribution in [0.2, 0.25) is 0 Å². The molecular formula is C18H17BrN2O6S. The molecule has 1 N–H and O–H groups in total. The van der Waals surface area contributed by atoms with Gasteiger partial charge in [-0.25, -0.2) is 8.42 Å². The largest absolute Gasteiger partial charge is 0.454 e. The third-order valence-corrected chi connectivity index (χ3v) is 6.40. The van der Waals surface area contributed by atoms with E-state index in [9.17, 15) is 18.0 Å². The number of fused-ring (bicyclic) bond motifs is 1. The molecule has 0 fully saturated rings. The number of halogens is 1. The topological polar surface area (TPSA) is 102 Å². The van der Waals surface area contributed by atoms with E-state index in [-0.39, 0.29) is 28.7 Å². The van der Waals surface area contributed by atoms with Gasteiger partial charge in [0, 0.05) is 23.2 Å². The number of hydrogen-bond acceptors (Lipinski definition) is 6. The summed E-state index contributed by atoms with van der Waals surface area (Å²) in [7, 11) is -2.53. The van der Waals surface area contributed by atoms with Crippen LogP contribution in [-0.4, -0.2) is 44.8 Å². The molecule has 0 atom stereocenters. The predicted octanol–water partition coefficient (Wildman–Crippen LogP) is 2.64. The van der Waals surface area contributed by atoms with Crippen LogP contribution in [0.15, 0.2) is 45.8 Å². The second kappa shape index (κ2) is 7.90. The first-order valence-corrected chi connectivity index (χ1v) is 10.4. The van der Waals surface area contributed by atoms with E-state index in [0.29, 0.717) is 11.5 Å². The molecule has 0 bridgehead atoms. The second-order valence-corrected chi connectivity index (χ2v) is 9.03. The van der Waals surface area contributed by atoms with Crippen LogP contribution in [-0.2, 0) is 14.8 Å².